The molecule has 0 aliphatic rings. The Bertz CT molecular complexity index is 1310. The number of anilines is 1. The first-order valence-corrected chi connectivity index (χ1v) is 15.7. The molecule has 0 aliphatic carbocycles. The fraction of sp³-hybridized carbons (Fsp3) is 0.514. The lowest BCUT2D eigenvalue weighted by molar-refractivity contribution is -0.138. The number of carbonyl (C=O) groups is 5. The summed E-state index contributed by atoms with van der Waals surface area (Å²) < 4.78 is 5.32. The van der Waals surface area contributed by atoms with Gasteiger partial charge >= 0.3 is 6.09 Å². The molecule has 4 amide bonds. The molecule has 10 nitrogen and oxygen atoms in total. The summed E-state index contributed by atoms with van der Waals surface area (Å²) in [6.45, 7) is 15.2. The average molecular weight is 623 g/mol. The predicted molar refractivity (Wildman–Crippen MR) is 175 cm³/mol. The van der Waals surface area contributed by atoms with Crippen LogP contribution in [0.2, 0.25) is 0 Å². The van der Waals surface area contributed by atoms with Crippen molar-refractivity contribution in [2.45, 2.75) is 99.4 Å². The van der Waals surface area contributed by atoms with Crippen molar-refractivity contribution < 1.29 is 28.7 Å². The molecule has 10 heteroatoms. The molecule has 2 rings (SSSR count). The number of hydrogen-bond acceptors (Lipinski definition) is 6. The molecule has 0 spiro atoms. The minimum absolute atomic E-state index is 0.00665. The van der Waals surface area contributed by atoms with Gasteiger partial charge in [-0.15, -0.1) is 0 Å². The van der Waals surface area contributed by atoms with Gasteiger partial charge in [-0.3, -0.25) is 19.2 Å². The van der Waals surface area contributed by atoms with Gasteiger partial charge in [-0.25, -0.2) is 4.79 Å². The van der Waals surface area contributed by atoms with Crippen LogP contribution >= 0.6 is 0 Å². The van der Waals surface area contributed by atoms with E-state index in [2.05, 4.69) is 21.3 Å². The maximum Gasteiger partial charge on any atom is 0.408 e. The van der Waals surface area contributed by atoms with Crippen LogP contribution < -0.4 is 21.3 Å². The molecule has 0 aliphatic heterocycles. The Morgan fingerprint density at radius 2 is 1.18 bits per heavy atom. The lowest BCUT2D eigenvalue weighted by Crippen LogP contribution is -2.57. The number of hydrogen-bond donors (Lipinski definition) is 4. The monoisotopic (exact) mass is 622 g/mol. The van der Waals surface area contributed by atoms with Gasteiger partial charge in [-0.05, 0) is 68.1 Å². The molecule has 0 saturated carbocycles. The van der Waals surface area contributed by atoms with Gasteiger partial charge in [0.05, 0.1) is 6.04 Å². The van der Waals surface area contributed by atoms with Gasteiger partial charge in [0.1, 0.15) is 18.7 Å². The third-order valence-corrected chi connectivity index (χ3v) is 7.06. The molecule has 0 radical (unpaired) electrons. The number of alkyl carbamates (subject to hydrolysis) is 1. The Hall–Kier alpha value is -4.21. The first kappa shape index (κ1) is 37.0. The second kappa shape index (κ2) is 17.9. The molecule has 2 aromatic rings. The molecule has 0 heterocycles. The Morgan fingerprint density at radius 3 is 1.71 bits per heavy atom. The van der Waals surface area contributed by atoms with Crippen molar-refractivity contribution in [3.8, 4) is 0 Å². The van der Waals surface area contributed by atoms with E-state index in [0.29, 0.717) is 12.1 Å². The second-order valence-corrected chi connectivity index (χ2v) is 12.9. The molecule has 3 atom stereocenters. The van der Waals surface area contributed by atoms with Crippen LogP contribution in [0.1, 0.15) is 77.5 Å². The predicted octanol–water partition coefficient (Wildman–Crippen LogP) is 5.21. The van der Waals surface area contributed by atoms with Crippen molar-refractivity contribution in [2.75, 3.05) is 5.32 Å². The molecule has 0 fully saturated rings. The zero-order valence-electron chi connectivity index (χ0n) is 27.9. The molecule has 246 valence electrons. The summed E-state index contributed by atoms with van der Waals surface area (Å²) >= 11 is 0. The van der Waals surface area contributed by atoms with Gasteiger partial charge in [0.2, 0.25) is 17.6 Å². The van der Waals surface area contributed by atoms with Gasteiger partial charge in [0.25, 0.3) is 5.91 Å². The summed E-state index contributed by atoms with van der Waals surface area (Å²) in [6, 6.07) is 11.6. The fourth-order valence-electron chi connectivity index (χ4n) is 4.86. The largest absolute Gasteiger partial charge is 0.445 e. The average Bonchev–Trinajstić information content (AvgIpc) is 2.95. The summed E-state index contributed by atoms with van der Waals surface area (Å²) in [5.41, 5.74) is 3.16. The number of carbonyl (C=O) groups excluding carboxylic acids is 5. The topological polar surface area (TPSA) is 143 Å². The summed E-state index contributed by atoms with van der Waals surface area (Å²) in [5, 5.41) is 10.8. The van der Waals surface area contributed by atoms with Gasteiger partial charge in [-0.1, -0.05) is 89.6 Å². The minimum atomic E-state index is -1.09. The number of nitrogens with one attached hydrogen (secondary N) is 4. The number of rotatable bonds is 16. The molecule has 2 aromatic carbocycles. The first-order chi connectivity index (χ1) is 21.2. The lowest BCUT2D eigenvalue weighted by Gasteiger charge is -2.27. The zero-order chi connectivity index (χ0) is 33.7. The van der Waals surface area contributed by atoms with Gasteiger partial charge in [-0.2, -0.15) is 0 Å². The highest BCUT2D eigenvalue weighted by molar-refractivity contribution is 6.42. The summed E-state index contributed by atoms with van der Waals surface area (Å²) in [7, 11) is 0. The van der Waals surface area contributed by atoms with Crippen LogP contribution in [-0.2, 0) is 30.5 Å². The van der Waals surface area contributed by atoms with E-state index in [1.807, 2.05) is 97.9 Å². The summed E-state index contributed by atoms with van der Waals surface area (Å²) in [4.78, 5) is 65.9. The van der Waals surface area contributed by atoms with E-state index in [0.717, 1.165) is 16.7 Å². The Morgan fingerprint density at radius 1 is 0.667 bits per heavy atom. The van der Waals surface area contributed by atoms with Crippen LogP contribution in [0, 0.1) is 31.6 Å². The second-order valence-electron chi connectivity index (χ2n) is 12.9. The quantitative estimate of drug-likeness (QED) is 0.189. The molecule has 0 unspecified atom stereocenters. The maximum absolute atomic E-state index is 13.6. The van der Waals surface area contributed by atoms with E-state index in [1.165, 1.54) is 0 Å². The van der Waals surface area contributed by atoms with Crippen molar-refractivity contribution in [2.24, 2.45) is 17.8 Å². The number of aryl methyl sites for hydroxylation is 2. The minimum Gasteiger partial charge on any atom is -0.445 e. The molecule has 0 bridgehead atoms. The van der Waals surface area contributed by atoms with E-state index in [9.17, 15) is 24.0 Å². The van der Waals surface area contributed by atoms with Crippen LogP contribution in [0.5, 0.6) is 0 Å². The van der Waals surface area contributed by atoms with Gasteiger partial charge in [0.15, 0.2) is 0 Å². The van der Waals surface area contributed by atoms with E-state index in [-0.39, 0.29) is 37.2 Å². The molecule has 4 N–H and O–H groups in total. The molecule has 0 aromatic heterocycles. The standard InChI is InChI=1S/C35H50N4O6/c1-21(2)16-28(31(40)34(43)36-27-15-14-24(7)19-25(27)8)37-32(41)29(17-22(3)4)38-33(42)30(18-23(5)6)39-35(44)45-20-26-12-10-9-11-13-26/h9-15,19,21-23,28-30H,16-18,20H2,1-8H3,(H,36,43)(H,37,41)(H,38,42)(H,39,44)/t28-,29-,30-/m0/s1. The Kier molecular flexibility index (Phi) is 14.7. The highest BCUT2D eigenvalue weighted by Gasteiger charge is 2.33. The van der Waals surface area contributed by atoms with Crippen molar-refractivity contribution in [1.82, 2.24) is 16.0 Å². The Balaban J connectivity index is 2.16. The van der Waals surface area contributed by atoms with E-state index in [4.69, 9.17) is 4.74 Å². The van der Waals surface area contributed by atoms with Crippen LogP contribution in [0.15, 0.2) is 48.5 Å². The number of ether oxygens (including phenoxy) is 1. The SMILES string of the molecule is Cc1ccc(NC(=O)C(=O)[C@H](CC(C)C)NC(=O)[C@H](CC(C)C)NC(=O)[C@H](CC(C)C)NC(=O)OCc2ccccc2)c(C)c1. The molecular formula is C35H50N4O6. The number of benzene rings is 2. The van der Waals surface area contributed by atoms with Crippen LogP contribution in [-0.4, -0.2) is 47.7 Å². The van der Waals surface area contributed by atoms with Crippen molar-refractivity contribution in [3.63, 3.8) is 0 Å². The molecule has 0 saturated heterocycles. The third kappa shape index (κ3) is 13.1. The number of ketones is 1. The smallest absolute Gasteiger partial charge is 0.408 e. The van der Waals surface area contributed by atoms with E-state index >= 15 is 0 Å². The zero-order valence-corrected chi connectivity index (χ0v) is 27.9. The van der Waals surface area contributed by atoms with Gasteiger partial charge in [0, 0.05) is 5.69 Å². The highest BCUT2D eigenvalue weighted by atomic mass is 16.5. The highest BCUT2D eigenvalue weighted by Crippen LogP contribution is 2.17. The van der Waals surface area contributed by atoms with Gasteiger partial charge < -0.3 is 26.0 Å². The van der Waals surface area contributed by atoms with E-state index < -0.39 is 47.7 Å². The number of amides is 4. The van der Waals surface area contributed by atoms with Crippen molar-refractivity contribution in [3.05, 3.63) is 65.2 Å². The Labute approximate surface area is 267 Å². The van der Waals surface area contributed by atoms with Crippen molar-refractivity contribution >= 4 is 35.3 Å². The summed E-state index contributed by atoms with van der Waals surface area (Å²) in [5.74, 6) is -2.66. The molecule has 45 heavy (non-hydrogen) atoms. The van der Waals surface area contributed by atoms with Crippen LogP contribution in [0.25, 0.3) is 0 Å². The third-order valence-electron chi connectivity index (χ3n) is 7.06. The first-order valence-electron chi connectivity index (χ1n) is 15.7. The summed E-state index contributed by atoms with van der Waals surface area (Å²) in [6.07, 6.45) is 0.0803. The lowest BCUT2D eigenvalue weighted by atomic mass is 9.97. The normalized spacial score (nSPS) is 13.1. The van der Waals surface area contributed by atoms with Crippen molar-refractivity contribution in [1.29, 1.82) is 0 Å². The van der Waals surface area contributed by atoms with Crippen LogP contribution in [0.3, 0.4) is 0 Å². The fourth-order valence-corrected chi connectivity index (χ4v) is 4.86. The maximum atomic E-state index is 13.6. The number of Topliss-reactive ketones (excluding diaryl/α,β-unsaturated/α-hetero) is 1. The van der Waals surface area contributed by atoms with Crippen LogP contribution in [0.4, 0.5) is 10.5 Å². The molecular weight excluding hydrogens is 572 g/mol. The van der Waals surface area contributed by atoms with E-state index in [1.54, 1.807) is 6.07 Å².